The molecule has 18 nitrogen and oxygen atoms in total. The molecule has 12 bridgehead atoms. The number of benzene rings is 4. The van der Waals surface area contributed by atoms with Gasteiger partial charge in [0.1, 0.15) is 49.4 Å². The summed E-state index contributed by atoms with van der Waals surface area (Å²) in [6, 6.07) is 27.5. The van der Waals surface area contributed by atoms with Crippen molar-refractivity contribution in [2.45, 2.75) is 53.4 Å². The van der Waals surface area contributed by atoms with Crippen molar-refractivity contribution < 1.29 is 68.0 Å². The van der Waals surface area contributed by atoms with Crippen LogP contribution in [0.3, 0.4) is 0 Å². The van der Waals surface area contributed by atoms with Crippen molar-refractivity contribution in [1.82, 2.24) is 19.9 Å². The lowest BCUT2D eigenvalue weighted by atomic mass is 9.88. The minimum atomic E-state index is -1.22. The van der Waals surface area contributed by atoms with Gasteiger partial charge < -0.3 is 48.8 Å². The van der Waals surface area contributed by atoms with Crippen LogP contribution in [-0.2, 0) is 35.2 Å². The number of aryl methyl sites for hydroxylation is 4. The lowest BCUT2D eigenvalue weighted by Crippen LogP contribution is -2.18. The average molecular weight is 1110 g/mol. The molecule has 4 aromatic carbocycles. The maximum Gasteiger partial charge on any atom is 0.335 e. The summed E-state index contributed by atoms with van der Waals surface area (Å²) >= 11 is 0. The molecule has 3 aliphatic rings. The van der Waals surface area contributed by atoms with Crippen LogP contribution in [0, 0.1) is 27.7 Å². The summed E-state index contributed by atoms with van der Waals surface area (Å²) in [6.45, 7) is 9.19. The Bertz CT molecular complexity index is 2990. The van der Waals surface area contributed by atoms with E-state index in [2.05, 4.69) is 19.9 Å². The number of rotatable bonds is 4. The molecular weight excluding hydrogens is 1050 g/mol. The van der Waals surface area contributed by atoms with E-state index >= 15 is 0 Å². The highest BCUT2D eigenvalue weighted by Gasteiger charge is 2.27. The molecular formula is C64H64N4O14. The number of aromatic carboxylic acids is 4. The summed E-state index contributed by atoms with van der Waals surface area (Å²) < 4.78 is 36.9. The molecule has 18 heteroatoms. The standard InChI is InChI=1S/C40H36O14.4C6H7N/c41-37(42)29-13-21-9-22-14-30(38(43)44)19-27-12-28-20-32(40(47)48)16-24-10-23-15-31(39(45)46)18-26(35(23)53-7-3-50-4-8-54-36(24)28)11-25(17-29)33(21)51-5-1-49-2-6-52-34(22)27;4*1-6-2-4-7-5-3-6/h13-20H,1-12H2,(H,41,42)(H,43,44)(H,45,46)(H,47,48);4*2-5H,1H3. The Balaban J connectivity index is 0.000000277. The molecule has 0 atom stereocenters. The van der Waals surface area contributed by atoms with E-state index in [9.17, 15) is 39.6 Å². The Hall–Kier alpha value is -9.52. The fraction of sp³-hybridized carbons (Fsp3) is 0.250. The van der Waals surface area contributed by atoms with Crippen molar-refractivity contribution in [3.63, 3.8) is 0 Å². The van der Waals surface area contributed by atoms with Crippen molar-refractivity contribution in [3.8, 4) is 23.0 Å². The van der Waals surface area contributed by atoms with Gasteiger partial charge in [-0.3, -0.25) is 19.9 Å². The average Bonchev–Trinajstić information content (AvgIpc) is 3.61. The quantitative estimate of drug-likeness (QED) is 0.128. The van der Waals surface area contributed by atoms with E-state index in [-0.39, 0.29) is 101 Å². The molecule has 2 aliphatic heterocycles. The van der Waals surface area contributed by atoms with E-state index in [1.165, 1.54) is 70.8 Å². The van der Waals surface area contributed by atoms with E-state index in [0.717, 1.165) is 0 Å². The zero-order valence-corrected chi connectivity index (χ0v) is 46.0. The van der Waals surface area contributed by atoms with Crippen LogP contribution in [0.5, 0.6) is 23.0 Å². The lowest BCUT2D eigenvalue weighted by Gasteiger charge is -2.25. The molecule has 0 amide bonds. The van der Waals surface area contributed by atoms with Crippen molar-refractivity contribution in [1.29, 1.82) is 0 Å². The summed E-state index contributed by atoms with van der Waals surface area (Å²) in [5.41, 5.74) is 8.02. The molecule has 0 saturated heterocycles. The Morgan fingerprint density at radius 3 is 0.610 bits per heavy atom. The molecule has 4 N–H and O–H groups in total. The second-order valence-electron chi connectivity index (χ2n) is 19.1. The van der Waals surface area contributed by atoms with Crippen LogP contribution >= 0.6 is 0 Å². The number of carboxylic acids is 4. The van der Waals surface area contributed by atoms with E-state index < -0.39 is 23.9 Å². The van der Waals surface area contributed by atoms with Crippen LogP contribution < -0.4 is 18.9 Å². The predicted molar refractivity (Wildman–Crippen MR) is 304 cm³/mol. The minimum Gasteiger partial charge on any atom is -0.491 e. The Morgan fingerprint density at radius 2 is 0.476 bits per heavy atom. The van der Waals surface area contributed by atoms with Gasteiger partial charge in [-0.05, 0) is 192 Å². The van der Waals surface area contributed by atoms with Gasteiger partial charge in [0, 0.05) is 75.3 Å². The second-order valence-corrected chi connectivity index (χ2v) is 19.1. The van der Waals surface area contributed by atoms with Crippen LogP contribution in [0.2, 0.25) is 0 Å². The summed E-state index contributed by atoms with van der Waals surface area (Å²) in [7, 11) is 0. The third kappa shape index (κ3) is 17.7. The smallest absolute Gasteiger partial charge is 0.335 e. The summed E-state index contributed by atoms with van der Waals surface area (Å²) in [5, 5.41) is 41.1. The van der Waals surface area contributed by atoms with Crippen molar-refractivity contribution in [2.24, 2.45) is 0 Å². The van der Waals surface area contributed by atoms with Gasteiger partial charge >= 0.3 is 23.9 Å². The van der Waals surface area contributed by atoms with Crippen LogP contribution in [0.4, 0.5) is 0 Å². The molecule has 4 aromatic heterocycles. The summed E-state index contributed by atoms with van der Waals surface area (Å²) in [5.74, 6) is -3.59. The fourth-order valence-corrected chi connectivity index (χ4v) is 8.84. The largest absolute Gasteiger partial charge is 0.491 e. The number of hydrogen-bond acceptors (Lipinski definition) is 14. The number of carboxylic acid groups (broad SMARTS) is 4. The molecule has 8 aromatic rings. The third-order valence-electron chi connectivity index (χ3n) is 12.8. The molecule has 6 heterocycles. The first kappa shape index (κ1) is 60.1. The lowest BCUT2D eigenvalue weighted by molar-refractivity contribution is 0.0684. The highest BCUT2D eigenvalue weighted by Crippen LogP contribution is 2.41. The van der Waals surface area contributed by atoms with Gasteiger partial charge in [0.05, 0.1) is 48.7 Å². The van der Waals surface area contributed by atoms with Crippen molar-refractivity contribution in [2.75, 3.05) is 52.9 Å². The number of ether oxygens (including phenoxy) is 6. The highest BCUT2D eigenvalue weighted by molar-refractivity contribution is 5.91. The Kier molecular flexibility index (Phi) is 22.1. The molecule has 0 fully saturated rings. The third-order valence-corrected chi connectivity index (χ3v) is 12.8. The maximum absolute atomic E-state index is 12.6. The van der Waals surface area contributed by atoms with Gasteiger partial charge in [-0.1, -0.05) is 0 Å². The Morgan fingerprint density at radius 1 is 0.305 bits per heavy atom. The summed E-state index contributed by atoms with van der Waals surface area (Å²) in [4.78, 5) is 65.7. The van der Waals surface area contributed by atoms with Gasteiger partial charge in [-0.2, -0.15) is 0 Å². The van der Waals surface area contributed by atoms with E-state index in [0.29, 0.717) is 67.5 Å². The van der Waals surface area contributed by atoms with Gasteiger partial charge in [0.15, 0.2) is 0 Å². The van der Waals surface area contributed by atoms with Crippen LogP contribution in [0.1, 0.15) is 108 Å². The first-order chi connectivity index (χ1) is 39.6. The fourth-order valence-electron chi connectivity index (χ4n) is 8.84. The first-order valence-corrected chi connectivity index (χ1v) is 26.3. The minimum absolute atomic E-state index is 0.0152. The number of pyridine rings is 4. The van der Waals surface area contributed by atoms with Crippen LogP contribution in [0.15, 0.2) is 147 Å². The number of carbonyl (C=O) groups is 4. The monoisotopic (exact) mass is 1110 g/mol. The van der Waals surface area contributed by atoms with Gasteiger partial charge in [0.25, 0.3) is 0 Å². The molecule has 82 heavy (non-hydrogen) atoms. The zero-order valence-electron chi connectivity index (χ0n) is 46.0. The first-order valence-electron chi connectivity index (χ1n) is 26.3. The zero-order chi connectivity index (χ0) is 58.4. The SMILES string of the molecule is Cc1ccncc1.Cc1ccncc1.Cc1ccncc1.Cc1ccncc1.O=C(O)c1cc2c3c(c1)Cc1cc(C(=O)O)cc4c1OCCOCCOc1c(cc(C(=O)O)cc1Cc1cc(C(=O)O)cc(c1OCCOCCO3)C2)C4. The molecule has 0 unspecified atom stereocenters. The number of aromatic nitrogens is 4. The van der Waals surface area contributed by atoms with E-state index in [4.69, 9.17) is 28.4 Å². The van der Waals surface area contributed by atoms with Crippen LogP contribution in [-0.4, -0.2) is 117 Å². The van der Waals surface area contributed by atoms with Gasteiger partial charge in [-0.25, -0.2) is 19.2 Å². The Labute approximate surface area is 475 Å². The normalized spacial score (nSPS) is 13.2. The second kappa shape index (κ2) is 30.2. The summed E-state index contributed by atoms with van der Waals surface area (Å²) in [6.07, 6.45) is 14.2. The van der Waals surface area contributed by atoms with Gasteiger partial charge in [0.2, 0.25) is 0 Å². The van der Waals surface area contributed by atoms with Crippen molar-refractivity contribution >= 4 is 23.9 Å². The topological polar surface area (TPSA) is 256 Å². The number of nitrogens with zero attached hydrogens (tertiary/aromatic N) is 4. The highest BCUT2D eigenvalue weighted by atomic mass is 16.6. The maximum atomic E-state index is 12.6. The van der Waals surface area contributed by atoms with Crippen molar-refractivity contribution in [3.05, 3.63) is 236 Å². The van der Waals surface area contributed by atoms with Gasteiger partial charge in [-0.15, -0.1) is 0 Å². The molecule has 0 radical (unpaired) electrons. The molecule has 11 rings (SSSR count). The predicted octanol–water partition coefficient (Wildman–Crippen LogP) is 10.3. The molecule has 1 aliphatic carbocycles. The number of hydrogen-bond donors (Lipinski definition) is 4. The molecule has 0 spiro atoms. The molecule has 424 valence electrons. The van der Waals surface area contributed by atoms with E-state index in [1.54, 1.807) is 49.6 Å². The molecule has 0 saturated carbocycles. The van der Waals surface area contributed by atoms with Crippen LogP contribution in [0.25, 0.3) is 0 Å². The van der Waals surface area contributed by atoms with E-state index in [1.807, 2.05) is 76.2 Å².